The maximum atomic E-state index is 14.8. The molecule has 0 saturated heterocycles. The maximum Gasteiger partial charge on any atom is 0.411 e. The Morgan fingerprint density at radius 3 is 2.25 bits per heavy atom. The van der Waals surface area contributed by atoms with Crippen LogP contribution in [0, 0.1) is 5.82 Å². The Bertz CT molecular complexity index is 726. The van der Waals surface area contributed by atoms with E-state index in [1.165, 1.54) is 19.1 Å². The summed E-state index contributed by atoms with van der Waals surface area (Å²) in [4.78, 5) is 12.4. The zero-order chi connectivity index (χ0) is 21.9. The fourth-order valence-corrected chi connectivity index (χ4v) is 3.89. The Kier molecular flexibility index (Phi) is 8.20. The Hall–Kier alpha value is -1.04. The number of ether oxygens (including phenoxy) is 2. The average Bonchev–Trinajstić information content (AvgIpc) is 2.54. The number of hydrogen-bond acceptors (Lipinski definition) is 4. The molecule has 0 unspecified atom stereocenters. The Balaban J connectivity index is 3.77. The van der Waals surface area contributed by atoms with E-state index in [4.69, 9.17) is 4.74 Å². The van der Waals surface area contributed by atoms with Crippen molar-refractivity contribution in [3.05, 3.63) is 34.1 Å². The number of benzene rings is 1. The van der Waals surface area contributed by atoms with Crippen LogP contribution in [0.4, 0.5) is 17.6 Å². The van der Waals surface area contributed by atoms with Crippen LogP contribution in [-0.4, -0.2) is 46.0 Å². The van der Waals surface area contributed by atoms with E-state index in [0.29, 0.717) is 4.47 Å². The molecule has 0 fully saturated rings. The van der Waals surface area contributed by atoms with E-state index in [0.717, 1.165) is 17.5 Å². The van der Waals surface area contributed by atoms with Crippen molar-refractivity contribution in [2.24, 2.45) is 0 Å². The molecule has 0 radical (unpaired) electrons. The first-order chi connectivity index (χ1) is 12.7. The van der Waals surface area contributed by atoms with E-state index >= 15 is 0 Å². The molecule has 1 rings (SSSR count). The van der Waals surface area contributed by atoms with Crippen molar-refractivity contribution in [2.75, 3.05) is 13.7 Å². The number of rotatable bonds is 7. The van der Waals surface area contributed by atoms with Gasteiger partial charge < -0.3 is 9.47 Å². The molecule has 11 heteroatoms. The van der Waals surface area contributed by atoms with Crippen molar-refractivity contribution < 1.29 is 36.0 Å². The second-order valence-electron chi connectivity index (χ2n) is 7.17. The number of alkyl halides is 3. The van der Waals surface area contributed by atoms with Gasteiger partial charge in [0.15, 0.2) is 6.10 Å². The molecule has 1 aromatic rings. The van der Waals surface area contributed by atoms with Crippen LogP contribution in [0.3, 0.4) is 0 Å². The number of methoxy groups -OCH3 is 1. The molecule has 0 aliphatic heterocycles. The second-order valence-corrected chi connectivity index (χ2v) is 8.64. The molecule has 0 aliphatic carbocycles. The third-order valence-electron chi connectivity index (χ3n) is 3.97. The quantitative estimate of drug-likeness (QED) is 0.357. The number of carbonyl (C=O) groups is 1. The Labute approximate surface area is 173 Å². The summed E-state index contributed by atoms with van der Waals surface area (Å²) in [5.41, 5.74) is -3.05. The molecule has 0 aliphatic rings. The lowest BCUT2D eigenvalue weighted by Gasteiger charge is -2.48. The molecule has 0 spiro atoms. The highest BCUT2D eigenvalue weighted by molar-refractivity contribution is 9.10. The number of nitrogens with zero attached hydrogens (tertiary/aromatic N) is 1. The molecule has 160 valence electrons. The summed E-state index contributed by atoms with van der Waals surface area (Å²) in [6, 6.07) is 3.77. The van der Waals surface area contributed by atoms with Crippen molar-refractivity contribution in [3.63, 3.8) is 0 Å². The monoisotopic (exact) mass is 491 g/mol. The molecule has 2 atom stereocenters. The fraction of sp³-hybridized carbons (Fsp3) is 0.588. The molecule has 0 N–H and O–H groups in total. The lowest BCUT2D eigenvalue weighted by Crippen LogP contribution is -2.61. The Morgan fingerprint density at radius 2 is 1.82 bits per heavy atom. The number of thiol groups is 1. The zero-order valence-corrected chi connectivity index (χ0v) is 18.4. The third-order valence-corrected chi connectivity index (χ3v) is 5.64. The maximum absolute atomic E-state index is 14.8. The summed E-state index contributed by atoms with van der Waals surface area (Å²) in [5, 5.41) is 0. The normalized spacial score (nSPS) is 16.0. The highest BCUT2D eigenvalue weighted by Gasteiger charge is 2.53. The summed E-state index contributed by atoms with van der Waals surface area (Å²) >= 11 is 2.53. The van der Waals surface area contributed by atoms with Crippen molar-refractivity contribution >= 4 is 33.8 Å². The summed E-state index contributed by atoms with van der Waals surface area (Å²) < 4.78 is 76.3. The molecule has 0 saturated carbocycles. The van der Waals surface area contributed by atoms with Gasteiger partial charge in [-0.15, -0.1) is 0 Å². The number of halogens is 5. The van der Waals surface area contributed by atoms with Gasteiger partial charge in [0.05, 0.1) is 24.5 Å². The minimum absolute atomic E-state index is 0.183. The highest BCUT2D eigenvalue weighted by Crippen LogP contribution is 2.41. The van der Waals surface area contributed by atoms with Crippen molar-refractivity contribution in [1.29, 1.82) is 0 Å². The van der Waals surface area contributed by atoms with E-state index in [-0.39, 0.29) is 5.56 Å². The first kappa shape index (κ1) is 25.0. The van der Waals surface area contributed by atoms with Crippen molar-refractivity contribution in [2.45, 2.75) is 51.1 Å². The topological polar surface area (TPSA) is 55.8 Å². The van der Waals surface area contributed by atoms with Gasteiger partial charge in [0.1, 0.15) is 12.4 Å². The van der Waals surface area contributed by atoms with Crippen LogP contribution in [0.25, 0.3) is 0 Å². The van der Waals surface area contributed by atoms with E-state index in [1.807, 2.05) is 0 Å². The number of carbonyl (C=O) groups excluding carboxylic acids is 1. The molecular formula is C17H22BrF4NO4S. The molecule has 5 nitrogen and oxygen atoms in total. The molecule has 0 heterocycles. The van der Waals surface area contributed by atoms with Crippen LogP contribution < -0.4 is 0 Å². The van der Waals surface area contributed by atoms with Gasteiger partial charge in [-0.05, 0) is 45.9 Å². The van der Waals surface area contributed by atoms with Crippen molar-refractivity contribution in [1.82, 2.24) is 4.31 Å². The first-order valence-electron chi connectivity index (χ1n) is 8.03. The molecule has 1 aromatic carbocycles. The lowest BCUT2D eigenvalue weighted by molar-refractivity contribution is -0.207. The first-order valence-corrected chi connectivity index (χ1v) is 9.59. The van der Waals surface area contributed by atoms with Gasteiger partial charge in [-0.25, -0.2) is 17.7 Å². The van der Waals surface area contributed by atoms with Gasteiger partial charge in [-0.1, -0.05) is 15.9 Å². The van der Waals surface area contributed by atoms with Gasteiger partial charge in [0.2, 0.25) is 0 Å². The van der Waals surface area contributed by atoms with Crippen LogP contribution in [0.2, 0.25) is 0 Å². The summed E-state index contributed by atoms with van der Waals surface area (Å²) in [6.07, 6.45) is -6.67. The molecule has 0 amide bonds. The molecule has 0 aromatic heterocycles. The van der Waals surface area contributed by atoms with Crippen molar-refractivity contribution in [3.8, 4) is 0 Å². The van der Waals surface area contributed by atoms with Crippen LogP contribution >= 0.6 is 15.9 Å². The molecular weight excluding hydrogens is 470 g/mol. The Morgan fingerprint density at radius 1 is 1.25 bits per heavy atom. The third kappa shape index (κ3) is 5.74. The minimum Gasteiger partial charge on any atom is -0.467 e. The smallest absolute Gasteiger partial charge is 0.411 e. The molecule has 28 heavy (non-hydrogen) atoms. The van der Waals surface area contributed by atoms with Crippen LogP contribution in [0.5, 0.6) is 0 Å². The molecule has 0 bridgehead atoms. The largest absolute Gasteiger partial charge is 0.467 e. The van der Waals surface area contributed by atoms with Gasteiger partial charge in [0, 0.05) is 15.6 Å². The average molecular weight is 492 g/mol. The summed E-state index contributed by atoms with van der Waals surface area (Å²) in [6.45, 7) is 4.36. The summed E-state index contributed by atoms with van der Waals surface area (Å²) in [5.74, 6) is -1.97. The van der Waals surface area contributed by atoms with Gasteiger partial charge >= 0.3 is 12.1 Å². The van der Waals surface area contributed by atoms with Gasteiger partial charge in [-0.3, -0.25) is 0 Å². The predicted molar refractivity (Wildman–Crippen MR) is 100 cm³/mol. The SMILES string of the molecule is COC(=O)[C@H](OCC(F)(F)F)[C@@](C)(c1cc(Br)ccc1F)N([SH]=O)C(C)(C)C. The van der Waals surface area contributed by atoms with E-state index in [1.54, 1.807) is 20.8 Å². The van der Waals surface area contributed by atoms with E-state index < -0.39 is 53.6 Å². The van der Waals surface area contributed by atoms with Crippen LogP contribution in [0.1, 0.15) is 33.3 Å². The predicted octanol–water partition coefficient (Wildman–Crippen LogP) is 3.88. The summed E-state index contributed by atoms with van der Waals surface area (Å²) in [7, 11) is 0.973. The number of hydrogen-bond donors (Lipinski definition) is 1. The number of esters is 1. The second kappa shape index (κ2) is 9.19. The van der Waals surface area contributed by atoms with E-state index in [9.17, 15) is 26.6 Å². The van der Waals surface area contributed by atoms with Gasteiger partial charge in [0.25, 0.3) is 0 Å². The zero-order valence-electron chi connectivity index (χ0n) is 15.9. The van der Waals surface area contributed by atoms with E-state index in [2.05, 4.69) is 20.7 Å². The van der Waals surface area contributed by atoms with Crippen LogP contribution in [-0.2, 0) is 31.7 Å². The minimum atomic E-state index is -4.75. The highest BCUT2D eigenvalue weighted by atomic mass is 79.9. The fourth-order valence-electron chi connectivity index (χ4n) is 2.90. The van der Waals surface area contributed by atoms with Gasteiger partial charge in [-0.2, -0.15) is 13.2 Å². The standard InChI is InChI=1S/C17H22BrF4NO4S/c1-15(2,3)23(28-25)16(4,11-8-10(18)6-7-12(11)19)13(14(24)26-5)27-9-17(20,21)22/h6-8,13,28H,9H2,1-5H3/t13-,16+/m0/s1. The van der Waals surface area contributed by atoms with Crippen LogP contribution in [0.15, 0.2) is 22.7 Å². The lowest BCUT2D eigenvalue weighted by atomic mass is 9.83.